The van der Waals surface area contributed by atoms with E-state index in [0.29, 0.717) is 16.5 Å². The Morgan fingerprint density at radius 3 is 2.39 bits per heavy atom. The third kappa shape index (κ3) is 6.26. The number of carbonyl (C=O) groups is 1. The number of nitrogens with one attached hydrogen (secondary N) is 2. The van der Waals surface area contributed by atoms with Gasteiger partial charge in [-0.05, 0) is 85.0 Å². The van der Waals surface area contributed by atoms with Crippen LogP contribution in [0.1, 0.15) is 23.5 Å². The second kappa shape index (κ2) is 12.3. The minimum atomic E-state index is -0.276. The van der Waals surface area contributed by atoms with Crippen LogP contribution in [0.4, 0.5) is 11.4 Å². The molecule has 0 spiro atoms. The van der Waals surface area contributed by atoms with Crippen LogP contribution in [0.3, 0.4) is 0 Å². The molecule has 1 aliphatic rings. The number of amides is 1. The summed E-state index contributed by atoms with van der Waals surface area (Å²) in [7, 11) is 0. The number of anilines is 2. The van der Waals surface area contributed by atoms with Crippen LogP contribution in [-0.4, -0.2) is 22.6 Å². The van der Waals surface area contributed by atoms with Crippen molar-refractivity contribution in [3.05, 3.63) is 133 Å². The van der Waals surface area contributed by atoms with Crippen molar-refractivity contribution in [1.29, 1.82) is 0 Å². The highest BCUT2D eigenvalue weighted by molar-refractivity contribution is 7.99. The highest BCUT2D eigenvalue weighted by atomic mass is 32.2. The molecule has 1 fully saturated rings. The van der Waals surface area contributed by atoms with Gasteiger partial charge in [-0.1, -0.05) is 54.2 Å². The topological polar surface area (TPSA) is 79.6 Å². The minimum Gasteiger partial charge on any atom is -0.484 e. The van der Waals surface area contributed by atoms with E-state index in [0.717, 1.165) is 27.1 Å². The fourth-order valence-electron chi connectivity index (χ4n) is 4.64. The van der Waals surface area contributed by atoms with Crippen LogP contribution in [0, 0.1) is 0 Å². The van der Waals surface area contributed by atoms with Gasteiger partial charge in [0, 0.05) is 22.5 Å². The van der Waals surface area contributed by atoms with Gasteiger partial charge in [0.2, 0.25) is 0 Å². The van der Waals surface area contributed by atoms with Crippen LogP contribution in [0.2, 0.25) is 0 Å². The zero-order chi connectivity index (χ0) is 28.0. The van der Waals surface area contributed by atoms with Gasteiger partial charge in [0.1, 0.15) is 17.6 Å². The quantitative estimate of drug-likeness (QED) is 0.181. The van der Waals surface area contributed by atoms with E-state index >= 15 is 0 Å². The molecule has 1 saturated heterocycles. The van der Waals surface area contributed by atoms with E-state index in [1.54, 1.807) is 18.0 Å². The van der Waals surface area contributed by atoms with Gasteiger partial charge in [-0.15, -0.1) is 0 Å². The lowest BCUT2D eigenvalue weighted by atomic mass is 10.0. The largest absolute Gasteiger partial charge is 0.484 e. The lowest BCUT2D eigenvalue weighted by Gasteiger charge is -2.26. The zero-order valence-corrected chi connectivity index (χ0v) is 23.5. The summed E-state index contributed by atoms with van der Waals surface area (Å²) in [4.78, 5) is 20.2. The van der Waals surface area contributed by atoms with Gasteiger partial charge >= 0.3 is 0 Å². The Morgan fingerprint density at radius 1 is 0.927 bits per heavy atom. The Morgan fingerprint density at radius 2 is 1.66 bits per heavy atom. The first kappa shape index (κ1) is 26.6. The summed E-state index contributed by atoms with van der Waals surface area (Å²) in [5.41, 5.74) is 2.38. The van der Waals surface area contributed by atoms with Crippen molar-refractivity contribution in [3.8, 4) is 5.75 Å². The molecule has 0 radical (unpaired) electrons. The molecule has 7 nitrogen and oxygen atoms in total. The number of rotatable bonds is 9. The summed E-state index contributed by atoms with van der Waals surface area (Å²) in [6.07, 6.45) is 1.78. The van der Waals surface area contributed by atoms with Gasteiger partial charge in [0.15, 0.2) is 16.8 Å². The molecule has 0 saturated carbocycles. The second-order valence-electron chi connectivity index (χ2n) is 9.27. The monoisotopic (exact) mass is 578 g/mol. The molecular formula is C32H26N4O3S2. The SMILES string of the molecule is O=C(COc1ccccc1)Nc1ccc(N2C(=S)N[C@H](c3ccccn3)[C@@H]2c2ccc(Sc3ccccc3)o2)cc1. The van der Waals surface area contributed by atoms with Crippen molar-refractivity contribution in [1.82, 2.24) is 10.3 Å². The number of hydrogen-bond acceptors (Lipinski definition) is 6. The first-order valence-electron chi connectivity index (χ1n) is 13.0. The number of hydrogen-bond donors (Lipinski definition) is 2. The van der Waals surface area contributed by atoms with Crippen molar-refractivity contribution >= 4 is 46.4 Å². The average Bonchev–Trinajstić information content (AvgIpc) is 3.62. The third-order valence-corrected chi connectivity index (χ3v) is 7.74. The Bertz CT molecular complexity index is 1610. The van der Waals surface area contributed by atoms with Gasteiger partial charge in [-0.2, -0.15) is 0 Å². The van der Waals surface area contributed by atoms with E-state index in [1.165, 1.54) is 0 Å². The fourth-order valence-corrected chi connectivity index (χ4v) is 5.79. The van der Waals surface area contributed by atoms with Crippen LogP contribution in [0.5, 0.6) is 5.75 Å². The van der Waals surface area contributed by atoms with Gasteiger partial charge in [0.05, 0.1) is 11.7 Å². The molecule has 0 unspecified atom stereocenters. The van der Waals surface area contributed by atoms with Crippen LogP contribution in [0.25, 0.3) is 0 Å². The summed E-state index contributed by atoms with van der Waals surface area (Å²) in [6.45, 7) is -0.0818. The van der Waals surface area contributed by atoms with E-state index in [2.05, 4.69) is 27.8 Å². The molecule has 2 atom stereocenters. The number of aromatic nitrogens is 1. The number of pyridine rings is 1. The predicted octanol–water partition coefficient (Wildman–Crippen LogP) is 7.02. The molecule has 3 aromatic carbocycles. The maximum atomic E-state index is 12.5. The Kier molecular flexibility index (Phi) is 7.97. The highest BCUT2D eigenvalue weighted by Crippen LogP contribution is 2.43. The molecule has 1 aliphatic heterocycles. The van der Waals surface area contributed by atoms with Crippen LogP contribution in [0.15, 0.2) is 136 Å². The standard InChI is InChI=1S/C32H26N4O3S2/c37-28(21-38-24-9-3-1-4-10-24)34-22-14-16-23(17-15-22)36-31(30(35-32(36)40)26-13-7-8-20-33-26)27-18-19-29(39-27)41-25-11-5-2-6-12-25/h1-20,30-31H,21H2,(H,34,37)(H,35,40)/t30-,31+/m1/s1. The molecule has 6 rings (SSSR count). The number of furan rings is 1. The number of nitrogens with zero attached hydrogens (tertiary/aromatic N) is 2. The molecule has 3 heterocycles. The maximum Gasteiger partial charge on any atom is 0.262 e. The molecule has 2 aromatic heterocycles. The van der Waals surface area contributed by atoms with Crippen LogP contribution < -0.4 is 20.3 Å². The van der Waals surface area contributed by atoms with E-state index in [9.17, 15) is 4.79 Å². The summed E-state index contributed by atoms with van der Waals surface area (Å²) in [5.74, 6) is 1.17. The number of ether oxygens (including phenoxy) is 1. The number of para-hydroxylation sites is 1. The third-order valence-electron chi connectivity index (χ3n) is 6.50. The highest BCUT2D eigenvalue weighted by Gasteiger charge is 2.42. The number of benzene rings is 3. The Balaban J connectivity index is 1.22. The fraction of sp³-hybridized carbons (Fsp3) is 0.0938. The normalized spacial score (nSPS) is 16.3. The smallest absolute Gasteiger partial charge is 0.262 e. The van der Waals surface area contributed by atoms with E-state index in [4.69, 9.17) is 21.4 Å². The second-order valence-corrected chi connectivity index (χ2v) is 10.7. The van der Waals surface area contributed by atoms with Crippen molar-refractivity contribution < 1.29 is 13.9 Å². The molecule has 5 aromatic rings. The molecule has 1 amide bonds. The van der Waals surface area contributed by atoms with Crippen LogP contribution >= 0.6 is 24.0 Å². The maximum absolute atomic E-state index is 12.5. The molecule has 204 valence electrons. The summed E-state index contributed by atoms with van der Waals surface area (Å²) >= 11 is 7.39. The number of carbonyl (C=O) groups excluding carboxylic acids is 1. The van der Waals surface area contributed by atoms with E-state index in [-0.39, 0.29) is 24.6 Å². The van der Waals surface area contributed by atoms with Gasteiger partial charge in [0.25, 0.3) is 5.91 Å². The van der Waals surface area contributed by atoms with Crippen molar-refractivity contribution in [2.75, 3.05) is 16.8 Å². The van der Waals surface area contributed by atoms with Crippen molar-refractivity contribution in [2.45, 2.75) is 22.1 Å². The van der Waals surface area contributed by atoms with E-state index in [1.807, 2.05) is 108 Å². The Hall–Kier alpha value is -4.60. The van der Waals surface area contributed by atoms with Gasteiger partial charge < -0.3 is 24.7 Å². The first-order chi connectivity index (χ1) is 20.1. The lowest BCUT2D eigenvalue weighted by Crippen LogP contribution is -2.29. The van der Waals surface area contributed by atoms with Crippen molar-refractivity contribution in [3.63, 3.8) is 0 Å². The number of thiocarbonyl (C=S) groups is 1. The first-order valence-corrected chi connectivity index (χ1v) is 14.3. The van der Waals surface area contributed by atoms with Gasteiger partial charge in [-0.3, -0.25) is 9.78 Å². The molecule has 9 heteroatoms. The molecule has 41 heavy (non-hydrogen) atoms. The predicted molar refractivity (Wildman–Crippen MR) is 164 cm³/mol. The molecule has 0 bridgehead atoms. The zero-order valence-electron chi connectivity index (χ0n) is 21.8. The summed E-state index contributed by atoms with van der Waals surface area (Å²) in [5, 5.41) is 7.68. The lowest BCUT2D eigenvalue weighted by molar-refractivity contribution is -0.118. The summed E-state index contributed by atoms with van der Waals surface area (Å²) in [6, 6.07) is 36.2. The minimum absolute atomic E-state index is 0.0818. The molecular weight excluding hydrogens is 553 g/mol. The van der Waals surface area contributed by atoms with E-state index < -0.39 is 0 Å². The van der Waals surface area contributed by atoms with Gasteiger partial charge in [-0.25, -0.2) is 0 Å². The molecule has 0 aliphatic carbocycles. The average molecular weight is 579 g/mol. The Labute approximate surface area is 247 Å². The van der Waals surface area contributed by atoms with Crippen LogP contribution in [-0.2, 0) is 4.79 Å². The molecule has 2 N–H and O–H groups in total. The summed E-state index contributed by atoms with van der Waals surface area (Å²) < 4.78 is 11.9. The van der Waals surface area contributed by atoms with Crippen molar-refractivity contribution in [2.24, 2.45) is 0 Å².